The summed E-state index contributed by atoms with van der Waals surface area (Å²) in [4.78, 5) is 0. The first-order chi connectivity index (χ1) is 12.1. The number of benzene rings is 2. The fourth-order valence-corrected chi connectivity index (χ4v) is 6.44. The van der Waals surface area contributed by atoms with Crippen molar-refractivity contribution < 1.29 is 8.85 Å². The summed E-state index contributed by atoms with van der Waals surface area (Å²) < 4.78 is 13.4. The van der Waals surface area contributed by atoms with E-state index in [4.69, 9.17) is 8.85 Å². The van der Waals surface area contributed by atoms with Gasteiger partial charge in [0.05, 0.1) is 0 Å². The van der Waals surface area contributed by atoms with Crippen molar-refractivity contribution in [3.05, 3.63) is 86.0 Å². The molecule has 0 fully saturated rings. The van der Waals surface area contributed by atoms with Gasteiger partial charge in [0.2, 0.25) is 0 Å². The SMILES string of the molecule is C=CCC(C)O[Si](OC(C)CC=C)(c1ccccc1)c1ccccc1. The molecule has 0 aliphatic rings. The highest BCUT2D eigenvalue weighted by molar-refractivity contribution is 6.92. The Labute approximate surface area is 153 Å². The summed E-state index contributed by atoms with van der Waals surface area (Å²) in [5.41, 5.74) is 0. The van der Waals surface area contributed by atoms with Gasteiger partial charge < -0.3 is 8.85 Å². The number of hydrogen-bond donors (Lipinski definition) is 0. The van der Waals surface area contributed by atoms with Crippen LogP contribution in [0.15, 0.2) is 86.0 Å². The van der Waals surface area contributed by atoms with Crippen molar-refractivity contribution >= 4 is 18.9 Å². The molecule has 0 aliphatic carbocycles. The average molecular weight is 353 g/mol. The van der Waals surface area contributed by atoms with Gasteiger partial charge in [0, 0.05) is 12.2 Å². The molecule has 0 heterocycles. The highest BCUT2D eigenvalue weighted by Gasteiger charge is 2.45. The van der Waals surface area contributed by atoms with Gasteiger partial charge in [0.15, 0.2) is 0 Å². The summed E-state index contributed by atoms with van der Waals surface area (Å²) in [6, 6.07) is 20.7. The van der Waals surface area contributed by atoms with E-state index in [-0.39, 0.29) is 12.2 Å². The van der Waals surface area contributed by atoms with Crippen molar-refractivity contribution in [1.29, 1.82) is 0 Å². The highest BCUT2D eigenvalue weighted by Crippen LogP contribution is 2.18. The minimum absolute atomic E-state index is 0.0283. The Kier molecular flexibility index (Phi) is 7.38. The third-order valence-corrected chi connectivity index (χ3v) is 7.69. The van der Waals surface area contributed by atoms with E-state index in [1.165, 1.54) is 0 Å². The van der Waals surface area contributed by atoms with E-state index in [1.807, 2.05) is 48.6 Å². The molecule has 0 N–H and O–H groups in total. The van der Waals surface area contributed by atoms with Gasteiger partial charge in [-0.3, -0.25) is 0 Å². The first kappa shape index (κ1) is 19.4. The average Bonchev–Trinajstić information content (AvgIpc) is 2.63. The quantitative estimate of drug-likeness (QED) is 0.471. The second-order valence-electron chi connectivity index (χ2n) is 6.25. The summed E-state index contributed by atoms with van der Waals surface area (Å²) in [7, 11) is -2.84. The van der Waals surface area contributed by atoms with E-state index in [0.717, 1.165) is 23.2 Å². The smallest absolute Gasteiger partial charge is 0.385 e. The molecular weight excluding hydrogens is 324 g/mol. The molecule has 0 spiro atoms. The molecule has 0 radical (unpaired) electrons. The topological polar surface area (TPSA) is 18.5 Å². The van der Waals surface area contributed by atoms with Gasteiger partial charge in [-0.05, 0) is 37.1 Å². The lowest BCUT2D eigenvalue weighted by Crippen LogP contribution is -2.65. The Morgan fingerprint density at radius 3 is 1.44 bits per heavy atom. The maximum absolute atomic E-state index is 6.68. The number of hydrogen-bond acceptors (Lipinski definition) is 2. The fourth-order valence-electron chi connectivity index (χ4n) is 2.91. The predicted octanol–water partition coefficient (Wildman–Crippen LogP) is 4.21. The Morgan fingerprint density at radius 2 is 1.12 bits per heavy atom. The molecule has 0 aliphatic heterocycles. The summed E-state index contributed by atoms with van der Waals surface area (Å²) in [5, 5.41) is 2.24. The van der Waals surface area contributed by atoms with Crippen LogP contribution >= 0.6 is 0 Å². The van der Waals surface area contributed by atoms with Crippen LogP contribution in [0, 0.1) is 0 Å². The van der Waals surface area contributed by atoms with Crippen LogP contribution in [0.5, 0.6) is 0 Å². The zero-order valence-corrected chi connectivity index (χ0v) is 16.2. The van der Waals surface area contributed by atoms with E-state index in [1.54, 1.807) is 0 Å². The lowest BCUT2D eigenvalue weighted by molar-refractivity contribution is 0.112. The molecule has 2 unspecified atom stereocenters. The minimum atomic E-state index is -2.84. The van der Waals surface area contributed by atoms with Gasteiger partial charge in [-0.15, -0.1) is 13.2 Å². The van der Waals surface area contributed by atoms with E-state index < -0.39 is 8.56 Å². The standard InChI is InChI=1S/C22H28O2Si/c1-5-13-19(3)23-25(24-20(4)14-6-2,21-15-9-7-10-16-21)22-17-11-8-12-18-22/h5-12,15-20H,1-2,13-14H2,3-4H3. The molecule has 0 saturated carbocycles. The van der Waals surface area contributed by atoms with Crippen LogP contribution in [0.2, 0.25) is 0 Å². The third kappa shape index (κ3) is 5.02. The zero-order chi connectivity index (χ0) is 18.1. The van der Waals surface area contributed by atoms with Crippen molar-refractivity contribution in [3.8, 4) is 0 Å². The third-order valence-electron chi connectivity index (χ3n) is 4.04. The van der Waals surface area contributed by atoms with Gasteiger partial charge in [0.25, 0.3) is 0 Å². The van der Waals surface area contributed by atoms with Crippen LogP contribution in [0.4, 0.5) is 0 Å². The van der Waals surface area contributed by atoms with Gasteiger partial charge in [-0.2, -0.15) is 0 Å². The molecule has 25 heavy (non-hydrogen) atoms. The molecule has 3 heteroatoms. The Morgan fingerprint density at radius 1 is 0.760 bits per heavy atom. The molecule has 0 bridgehead atoms. The lowest BCUT2D eigenvalue weighted by atomic mass is 10.3. The largest absolute Gasteiger partial charge is 0.407 e. The monoisotopic (exact) mass is 352 g/mol. The molecule has 132 valence electrons. The van der Waals surface area contributed by atoms with Crippen molar-refractivity contribution in [3.63, 3.8) is 0 Å². The maximum atomic E-state index is 6.68. The minimum Gasteiger partial charge on any atom is -0.385 e. The van der Waals surface area contributed by atoms with Crippen molar-refractivity contribution in [2.24, 2.45) is 0 Å². The predicted molar refractivity (Wildman–Crippen MR) is 109 cm³/mol. The van der Waals surface area contributed by atoms with Gasteiger partial charge in [-0.1, -0.05) is 72.8 Å². The molecular formula is C22H28O2Si. The lowest BCUT2D eigenvalue weighted by Gasteiger charge is -2.36. The summed E-state index contributed by atoms with van der Waals surface area (Å²) >= 11 is 0. The normalized spacial score (nSPS) is 13.8. The fraction of sp³-hybridized carbons (Fsp3) is 0.273. The molecule has 2 rings (SSSR count). The molecule has 2 nitrogen and oxygen atoms in total. The number of rotatable bonds is 10. The maximum Gasteiger partial charge on any atom is 0.407 e. The Hall–Kier alpha value is -1.94. The second-order valence-corrected chi connectivity index (χ2v) is 9.11. The van der Waals surface area contributed by atoms with Crippen LogP contribution in [0.25, 0.3) is 0 Å². The van der Waals surface area contributed by atoms with Gasteiger partial charge >= 0.3 is 8.56 Å². The highest BCUT2D eigenvalue weighted by atomic mass is 28.4. The van der Waals surface area contributed by atoms with Crippen LogP contribution in [-0.4, -0.2) is 20.8 Å². The first-order valence-corrected chi connectivity index (χ1v) is 10.6. The van der Waals surface area contributed by atoms with Crippen molar-refractivity contribution in [1.82, 2.24) is 0 Å². The second kappa shape index (κ2) is 9.52. The molecule has 2 aromatic carbocycles. The molecule has 2 atom stereocenters. The van der Waals surface area contributed by atoms with E-state index in [9.17, 15) is 0 Å². The van der Waals surface area contributed by atoms with Crippen molar-refractivity contribution in [2.75, 3.05) is 0 Å². The van der Waals surface area contributed by atoms with Gasteiger partial charge in [-0.25, -0.2) is 0 Å². The van der Waals surface area contributed by atoms with Crippen LogP contribution in [-0.2, 0) is 8.85 Å². The van der Waals surface area contributed by atoms with E-state index in [2.05, 4.69) is 51.3 Å². The van der Waals surface area contributed by atoms with E-state index >= 15 is 0 Å². The van der Waals surface area contributed by atoms with Crippen LogP contribution in [0.1, 0.15) is 26.7 Å². The Balaban J connectivity index is 2.55. The van der Waals surface area contributed by atoms with Crippen molar-refractivity contribution in [2.45, 2.75) is 38.9 Å². The first-order valence-electron chi connectivity index (χ1n) is 8.81. The summed E-state index contributed by atoms with van der Waals surface area (Å²) in [5.74, 6) is 0. The van der Waals surface area contributed by atoms with Crippen LogP contribution < -0.4 is 10.4 Å². The summed E-state index contributed by atoms with van der Waals surface area (Å²) in [6.45, 7) is 11.9. The van der Waals surface area contributed by atoms with Crippen LogP contribution in [0.3, 0.4) is 0 Å². The molecule has 0 amide bonds. The zero-order valence-electron chi connectivity index (χ0n) is 15.2. The molecule has 0 aromatic heterocycles. The molecule has 2 aromatic rings. The van der Waals surface area contributed by atoms with E-state index in [0.29, 0.717) is 0 Å². The van der Waals surface area contributed by atoms with Gasteiger partial charge in [0.1, 0.15) is 0 Å². The summed E-state index contributed by atoms with van der Waals surface area (Å²) in [6.07, 6.45) is 5.42. The Bertz CT molecular complexity index is 595. The molecule has 0 saturated heterocycles.